The van der Waals surface area contributed by atoms with Crippen LogP contribution in [0.5, 0.6) is 0 Å². The third kappa shape index (κ3) is 4.51. The molecule has 1 aromatic carbocycles. The summed E-state index contributed by atoms with van der Waals surface area (Å²) in [7, 11) is -3.16. The topological polar surface area (TPSA) is 40.6 Å². The van der Waals surface area contributed by atoms with Crippen molar-refractivity contribution in [3.05, 3.63) is 35.6 Å². The smallest absolute Gasteiger partial charge is 0.211 e. The number of rotatable bonds is 4. The maximum atomic E-state index is 13.0. The quantitative estimate of drug-likeness (QED) is 0.852. The second-order valence-electron chi connectivity index (χ2n) is 6.38. The molecule has 6 heteroatoms. The summed E-state index contributed by atoms with van der Waals surface area (Å²) >= 11 is 0. The minimum absolute atomic E-state index is 0.169. The van der Waals surface area contributed by atoms with Crippen molar-refractivity contribution < 1.29 is 12.8 Å². The van der Waals surface area contributed by atoms with Gasteiger partial charge < -0.3 is 0 Å². The van der Waals surface area contributed by atoms with Crippen molar-refractivity contribution in [1.29, 1.82) is 0 Å². The van der Waals surface area contributed by atoms with Gasteiger partial charge >= 0.3 is 0 Å². The van der Waals surface area contributed by atoms with Gasteiger partial charge in [-0.25, -0.2) is 17.1 Å². The normalized spacial score (nSPS) is 22.0. The fourth-order valence-corrected chi connectivity index (χ4v) is 3.87. The summed E-state index contributed by atoms with van der Waals surface area (Å²) in [5, 5.41) is 0. The Balaban J connectivity index is 2.16. The number of sulfonamides is 1. The Labute approximate surface area is 133 Å². The molecule has 1 aliphatic heterocycles. The summed E-state index contributed by atoms with van der Waals surface area (Å²) in [5.41, 5.74) is 1.06. The van der Waals surface area contributed by atoms with Crippen LogP contribution in [0.25, 0.3) is 0 Å². The monoisotopic (exact) mass is 328 g/mol. The van der Waals surface area contributed by atoms with Crippen LogP contribution in [0.4, 0.5) is 4.39 Å². The Hall–Kier alpha value is -0.980. The van der Waals surface area contributed by atoms with Gasteiger partial charge in [-0.3, -0.25) is 4.90 Å². The summed E-state index contributed by atoms with van der Waals surface area (Å²) in [6.45, 7) is 6.91. The highest BCUT2D eigenvalue weighted by Gasteiger charge is 2.30. The van der Waals surface area contributed by atoms with E-state index in [1.807, 2.05) is 0 Å². The highest BCUT2D eigenvalue weighted by atomic mass is 32.2. The van der Waals surface area contributed by atoms with Crippen LogP contribution < -0.4 is 0 Å². The summed E-state index contributed by atoms with van der Waals surface area (Å²) in [6, 6.07) is 6.71. The van der Waals surface area contributed by atoms with E-state index in [4.69, 9.17) is 0 Å². The zero-order valence-electron chi connectivity index (χ0n) is 13.5. The van der Waals surface area contributed by atoms with Crippen molar-refractivity contribution in [3.8, 4) is 0 Å². The van der Waals surface area contributed by atoms with E-state index < -0.39 is 10.0 Å². The van der Waals surface area contributed by atoms with Crippen molar-refractivity contribution in [3.63, 3.8) is 0 Å². The molecule has 1 unspecified atom stereocenters. The van der Waals surface area contributed by atoms with Crippen molar-refractivity contribution in [2.45, 2.75) is 32.9 Å². The molecule has 0 radical (unpaired) electrons. The number of hydrogen-bond donors (Lipinski definition) is 0. The molecule has 0 N–H and O–H groups in total. The van der Waals surface area contributed by atoms with E-state index in [2.05, 4.69) is 18.7 Å². The van der Waals surface area contributed by atoms with Crippen LogP contribution in [0.2, 0.25) is 0 Å². The molecule has 0 aromatic heterocycles. The summed E-state index contributed by atoms with van der Waals surface area (Å²) < 4.78 is 38.4. The third-order valence-electron chi connectivity index (χ3n) is 4.25. The lowest BCUT2D eigenvalue weighted by molar-refractivity contribution is 0.149. The minimum atomic E-state index is -3.16. The maximum Gasteiger partial charge on any atom is 0.211 e. The predicted molar refractivity (Wildman–Crippen MR) is 86.5 cm³/mol. The van der Waals surface area contributed by atoms with Gasteiger partial charge in [-0.05, 0) is 30.0 Å². The molecule has 0 amide bonds. The molecule has 1 aliphatic rings. The van der Waals surface area contributed by atoms with E-state index in [1.165, 1.54) is 18.4 Å². The van der Waals surface area contributed by atoms with Gasteiger partial charge in [0.2, 0.25) is 10.0 Å². The van der Waals surface area contributed by atoms with Crippen molar-refractivity contribution in [2.75, 3.05) is 25.9 Å². The van der Waals surface area contributed by atoms with E-state index >= 15 is 0 Å². The molecular weight excluding hydrogens is 303 g/mol. The first-order chi connectivity index (χ1) is 10.3. The van der Waals surface area contributed by atoms with Crippen LogP contribution >= 0.6 is 0 Å². The van der Waals surface area contributed by atoms with Gasteiger partial charge in [-0.15, -0.1) is 0 Å². The highest BCUT2D eigenvalue weighted by molar-refractivity contribution is 7.88. The number of benzene rings is 1. The molecule has 124 valence electrons. The van der Waals surface area contributed by atoms with E-state index in [-0.39, 0.29) is 11.9 Å². The molecule has 0 spiro atoms. The molecule has 1 aromatic rings. The Morgan fingerprint density at radius 3 is 2.41 bits per heavy atom. The van der Waals surface area contributed by atoms with E-state index in [1.54, 1.807) is 16.4 Å². The molecule has 1 saturated heterocycles. The molecule has 4 nitrogen and oxygen atoms in total. The summed E-state index contributed by atoms with van der Waals surface area (Å²) in [6.07, 6.45) is 2.09. The molecule has 0 aliphatic carbocycles. The molecule has 1 heterocycles. The molecule has 0 bridgehead atoms. The Morgan fingerprint density at radius 2 is 1.86 bits per heavy atom. The molecular formula is C16H25FN2O2S. The third-order valence-corrected chi connectivity index (χ3v) is 5.52. The van der Waals surface area contributed by atoms with Gasteiger partial charge in [0, 0.05) is 32.2 Å². The summed E-state index contributed by atoms with van der Waals surface area (Å²) in [4.78, 5) is 2.32. The van der Waals surface area contributed by atoms with E-state index in [0.29, 0.717) is 19.0 Å². The van der Waals surface area contributed by atoms with E-state index in [9.17, 15) is 12.8 Å². The summed E-state index contributed by atoms with van der Waals surface area (Å²) in [5.74, 6) is 0.117. The predicted octanol–water partition coefficient (Wildman–Crippen LogP) is 2.32. The molecule has 1 fully saturated rings. The lowest BCUT2D eigenvalue weighted by Crippen LogP contribution is -2.45. The van der Waals surface area contributed by atoms with Gasteiger partial charge in [-0.1, -0.05) is 26.0 Å². The van der Waals surface area contributed by atoms with Gasteiger partial charge in [0.15, 0.2) is 0 Å². The van der Waals surface area contributed by atoms with Crippen LogP contribution in [0.15, 0.2) is 24.3 Å². The lowest BCUT2D eigenvalue weighted by atomic mass is 10.0. The Bertz CT molecular complexity index is 587. The SMILES string of the molecule is CC(C)C1CN(S(C)(=O)=O)CCCN1Cc1ccc(F)cc1. The first kappa shape index (κ1) is 17.4. The van der Waals surface area contributed by atoms with Crippen LogP contribution in [-0.2, 0) is 16.6 Å². The van der Waals surface area contributed by atoms with Crippen LogP contribution in [0.3, 0.4) is 0 Å². The first-order valence-electron chi connectivity index (χ1n) is 7.71. The van der Waals surface area contributed by atoms with Crippen molar-refractivity contribution in [2.24, 2.45) is 5.92 Å². The maximum absolute atomic E-state index is 13.0. The van der Waals surface area contributed by atoms with Crippen LogP contribution in [0, 0.1) is 11.7 Å². The average molecular weight is 328 g/mol. The van der Waals surface area contributed by atoms with E-state index in [0.717, 1.165) is 25.1 Å². The number of nitrogens with zero attached hydrogens (tertiary/aromatic N) is 2. The fourth-order valence-electron chi connectivity index (χ4n) is 2.99. The average Bonchev–Trinajstić information content (AvgIpc) is 2.63. The minimum Gasteiger partial charge on any atom is -0.295 e. The zero-order valence-corrected chi connectivity index (χ0v) is 14.3. The van der Waals surface area contributed by atoms with Gasteiger partial charge in [0.1, 0.15) is 5.82 Å². The molecule has 0 saturated carbocycles. The Kier molecular flexibility index (Phi) is 5.58. The second-order valence-corrected chi connectivity index (χ2v) is 8.37. The standard InChI is InChI=1S/C16H25FN2O2S/c1-13(2)16-12-19(22(3,20)21)10-4-9-18(16)11-14-5-7-15(17)8-6-14/h5-8,13,16H,4,9-12H2,1-3H3. The first-order valence-corrected chi connectivity index (χ1v) is 9.56. The van der Waals surface area contributed by atoms with Crippen molar-refractivity contribution in [1.82, 2.24) is 9.21 Å². The number of hydrogen-bond acceptors (Lipinski definition) is 3. The number of halogens is 1. The fraction of sp³-hybridized carbons (Fsp3) is 0.625. The molecule has 1 atom stereocenters. The largest absolute Gasteiger partial charge is 0.295 e. The molecule has 2 rings (SSSR count). The Morgan fingerprint density at radius 1 is 1.23 bits per heavy atom. The molecule has 22 heavy (non-hydrogen) atoms. The lowest BCUT2D eigenvalue weighted by Gasteiger charge is -2.34. The van der Waals surface area contributed by atoms with Crippen molar-refractivity contribution >= 4 is 10.0 Å². The van der Waals surface area contributed by atoms with Gasteiger partial charge in [0.25, 0.3) is 0 Å². The van der Waals surface area contributed by atoms with Crippen LogP contribution in [0.1, 0.15) is 25.8 Å². The van der Waals surface area contributed by atoms with Crippen LogP contribution in [-0.4, -0.2) is 49.6 Å². The van der Waals surface area contributed by atoms with Gasteiger partial charge in [-0.2, -0.15) is 0 Å². The highest BCUT2D eigenvalue weighted by Crippen LogP contribution is 2.21. The van der Waals surface area contributed by atoms with Gasteiger partial charge in [0.05, 0.1) is 6.26 Å². The second kappa shape index (κ2) is 7.06. The zero-order chi connectivity index (χ0) is 16.3.